The monoisotopic (exact) mass is 268 g/mol. The third-order valence-electron chi connectivity index (χ3n) is 2.77. The number of aromatic hydroxyl groups is 1. The Morgan fingerprint density at radius 1 is 1.21 bits per heavy atom. The number of rotatable bonds is 2. The first-order chi connectivity index (χ1) is 9.22. The van der Waals surface area contributed by atoms with E-state index in [1.165, 1.54) is 0 Å². The number of para-hydroxylation sites is 1. The third-order valence-corrected chi connectivity index (χ3v) is 3.70. The van der Waals surface area contributed by atoms with Crippen molar-refractivity contribution in [1.82, 2.24) is 4.98 Å². The molecule has 0 bridgehead atoms. The van der Waals surface area contributed by atoms with E-state index in [0.717, 1.165) is 20.9 Å². The van der Waals surface area contributed by atoms with Gasteiger partial charge in [0.1, 0.15) is 5.75 Å². The lowest BCUT2D eigenvalue weighted by molar-refractivity contribution is 0.474. The van der Waals surface area contributed by atoms with Crippen LogP contribution in [0.25, 0.3) is 10.2 Å². The van der Waals surface area contributed by atoms with Crippen molar-refractivity contribution in [2.45, 2.75) is 6.92 Å². The van der Waals surface area contributed by atoms with Crippen molar-refractivity contribution in [3.05, 3.63) is 53.0 Å². The predicted molar refractivity (Wildman–Crippen MR) is 79.7 cm³/mol. The molecule has 1 heterocycles. The summed E-state index contributed by atoms with van der Waals surface area (Å²) >= 11 is 1.66. The van der Waals surface area contributed by atoms with Crippen LogP contribution >= 0.6 is 11.3 Å². The summed E-state index contributed by atoms with van der Waals surface area (Å²) in [5.41, 5.74) is 2.58. The van der Waals surface area contributed by atoms with Gasteiger partial charge < -0.3 is 5.11 Å². The van der Waals surface area contributed by atoms with Crippen LogP contribution in [0.2, 0.25) is 0 Å². The Kier molecular flexibility index (Phi) is 3.01. The second-order valence-corrected chi connectivity index (χ2v) is 5.44. The minimum Gasteiger partial charge on any atom is -0.507 e. The molecule has 4 heteroatoms. The molecule has 0 aliphatic carbocycles. The predicted octanol–water partition coefficient (Wildman–Crippen LogP) is 4.06. The summed E-state index contributed by atoms with van der Waals surface area (Å²) in [6.07, 6.45) is 1.67. The maximum atomic E-state index is 9.66. The Hall–Kier alpha value is -2.20. The molecule has 3 rings (SSSR count). The fourth-order valence-electron chi connectivity index (χ4n) is 1.85. The Morgan fingerprint density at radius 2 is 2.05 bits per heavy atom. The molecular formula is C15H12N2OS. The molecule has 0 aliphatic rings. The highest BCUT2D eigenvalue weighted by molar-refractivity contribution is 7.18. The van der Waals surface area contributed by atoms with Gasteiger partial charge in [-0.1, -0.05) is 12.1 Å². The van der Waals surface area contributed by atoms with Crippen molar-refractivity contribution in [1.29, 1.82) is 0 Å². The molecule has 2 aromatic carbocycles. The zero-order valence-corrected chi connectivity index (χ0v) is 11.2. The van der Waals surface area contributed by atoms with Crippen molar-refractivity contribution in [2.24, 2.45) is 4.99 Å². The van der Waals surface area contributed by atoms with Crippen LogP contribution in [-0.4, -0.2) is 16.3 Å². The lowest BCUT2D eigenvalue weighted by atomic mass is 10.2. The number of nitrogens with zero attached hydrogens (tertiary/aromatic N) is 2. The first-order valence-corrected chi connectivity index (χ1v) is 6.73. The van der Waals surface area contributed by atoms with Crippen molar-refractivity contribution in [2.75, 3.05) is 0 Å². The number of aromatic nitrogens is 1. The smallest absolute Gasteiger partial charge is 0.124 e. The average Bonchev–Trinajstić information content (AvgIpc) is 2.77. The molecule has 0 aliphatic heterocycles. The number of phenols is 1. The quantitative estimate of drug-likeness (QED) is 0.712. The van der Waals surface area contributed by atoms with Crippen LogP contribution in [0.3, 0.4) is 0 Å². The van der Waals surface area contributed by atoms with Gasteiger partial charge in [-0.05, 0) is 37.3 Å². The van der Waals surface area contributed by atoms with E-state index in [9.17, 15) is 5.11 Å². The van der Waals surface area contributed by atoms with Crippen molar-refractivity contribution >= 4 is 33.5 Å². The minimum atomic E-state index is 0.237. The summed E-state index contributed by atoms with van der Waals surface area (Å²) in [4.78, 5) is 8.80. The van der Waals surface area contributed by atoms with Crippen LogP contribution in [0.4, 0.5) is 5.69 Å². The zero-order chi connectivity index (χ0) is 13.2. The van der Waals surface area contributed by atoms with Crippen LogP contribution in [0.15, 0.2) is 47.5 Å². The van der Waals surface area contributed by atoms with Crippen LogP contribution in [0, 0.1) is 6.92 Å². The van der Waals surface area contributed by atoms with Gasteiger partial charge >= 0.3 is 0 Å². The highest BCUT2D eigenvalue weighted by Crippen LogP contribution is 2.26. The summed E-state index contributed by atoms with van der Waals surface area (Å²) in [5.74, 6) is 0.237. The molecule has 0 unspecified atom stereocenters. The fourth-order valence-corrected chi connectivity index (χ4v) is 2.71. The number of phenolic OH excluding ortho intramolecular Hbond substituents is 1. The van der Waals surface area contributed by atoms with Gasteiger partial charge in [-0.3, -0.25) is 4.99 Å². The Balaban J connectivity index is 1.94. The molecule has 3 nitrogen and oxygen atoms in total. The zero-order valence-electron chi connectivity index (χ0n) is 10.4. The van der Waals surface area contributed by atoms with E-state index in [1.807, 2.05) is 37.3 Å². The number of thiazole rings is 1. The summed E-state index contributed by atoms with van der Waals surface area (Å²) < 4.78 is 1.13. The molecule has 0 fully saturated rings. The topological polar surface area (TPSA) is 45.5 Å². The molecule has 94 valence electrons. The van der Waals surface area contributed by atoms with E-state index in [-0.39, 0.29) is 5.75 Å². The molecule has 0 radical (unpaired) electrons. The summed E-state index contributed by atoms with van der Waals surface area (Å²) in [7, 11) is 0. The summed E-state index contributed by atoms with van der Waals surface area (Å²) in [5, 5.41) is 10.7. The number of aliphatic imine (C=N–C) groups is 1. The highest BCUT2D eigenvalue weighted by atomic mass is 32.1. The Labute approximate surface area is 114 Å². The lowest BCUT2D eigenvalue weighted by Gasteiger charge is -1.97. The van der Waals surface area contributed by atoms with Crippen LogP contribution in [0.1, 0.15) is 10.6 Å². The van der Waals surface area contributed by atoms with Crippen LogP contribution in [0.5, 0.6) is 5.75 Å². The van der Waals surface area contributed by atoms with E-state index in [1.54, 1.807) is 29.7 Å². The van der Waals surface area contributed by atoms with Crippen molar-refractivity contribution < 1.29 is 5.11 Å². The number of hydrogen-bond acceptors (Lipinski definition) is 4. The van der Waals surface area contributed by atoms with Crippen molar-refractivity contribution in [3.63, 3.8) is 0 Å². The van der Waals surface area contributed by atoms with E-state index in [0.29, 0.717) is 5.56 Å². The standard InChI is InChI=1S/C15H12N2OS/c1-10-17-13-7-6-12(8-15(13)19-10)16-9-11-4-2-3-5-14(11)18/h2-9,18H,1H3. The normalized spacial score (nSPS) is 11.4. The van der Waals surface area contributed by atoms with E-state index in [4.69, 9.17) is 0 Å². The number of benzene rings is 2. The highest BCUT2D eigenvalue weighted by Gasteiger charge is 2.01. The minimum absolute atomic E-state index is 0.237. The first kappa shape index (κ1) is 11.9. The molecule has 19 heavy (non-hydrogen) atoms. The lowest BCUT2D eigenvalue weighted by Crippen LogP contribution is -1.80. The van der Waals surface area contributed by atoms with Gasteiger partial charge in [0.25, 0.3) is 0 Å². The fraction of sp³-hybridized carbons (Fsp3) is 0.0667. The van der Waals surface area contributed by atoms with Crippen LogP contribution < -0.4 is 0 Å². The maximum absolute atomic E-state index is 9.66. The number of aryl methyl sites for hydroxylation is 1. The van der Waals surface area contributed by atoms with Crippen LogP contribution in [-0.2, 0) is 0 Å². The molecule has 0 amide bonds. The maximum Gasteiger partial charge on any atom is 0.124 e. The second-order valence-electron chi connectivity index (χ2n) is 4.20. The number of hydrogen-bond donors (Lipinski definition) is 1. The van der Waals surface area contributed by atoms with E-state index < -0.39 is 0 Å². The van der Waals surface area contributed by atoms with Gasteiger partial charge in [0, 0.05) is 11.8 Å². The molecular weight excluding hydrogens is 256 g/mol. The molecule has 1 N–H and O–H groups in total. The van der Waals surface area contributed by atoms with E-state index >= 15 is 0 Å². The Morgan fingerprint density at radius 3 is 2.89 bits per heavy atom. The molecule has 0 spiro atoms. The second kappa shape index (κ2) is 4.82. The van der Waals surface area contributed by atoms with E-state index in [2.05, 4.69) is 9.98 Å². The third kappa shape index (κ3) is 2.48. The molecule has 0 saturated heterocycles. The molecule has 0 atom stereocenters. The average molecular weight is 268 g/mol. The van der Waals surface area contributed by atoms with Gasteiger partial charge in [0.15, 0.2) is 0 Å². The molecule has 3 aromatic rings. The Bertz CT molecular complexity index is 762. The largest absolute Gasteiger partial charge is 0.507 e. The van der Waals surface area contributed by atoms with Gasteiger partial charge in [-0.15, -0.1) is 11.3 Å². The summed E-state index contributed by atoms with van der Waals surface area (Å²) in [6, 6.07) is 13.0. The molecule has 1 aromatic heterocycles. The van der Waals surface area contributed by atoms with Gasteiger partial charge in [-0.2, -0.15) is 0 Å². The van der Waals surface area contributed by atoms with Crippen molar-refractivity contribution in [3.8, 4) is 5.75 Å². The van der Waals surface area contributed by atoms with Gasteiger partial charge in [0.05, 0.1) is 20.9 Å². The SMILES string of the molecule is Cc1nc2ccc(N=Cc3ccccc3O)cc2s1. The molecule has 0 saturated carbocycles. The van der Waals surface area contributed by atoms with Gasteiger partial charge in [-0.25, -0.2) is 4.98 Å². The number of fused-ring (bicyclic) bond motifs is 1. The summed E-state index contributed by atoms with van der Waals surface area (Å²) in [6.45, 7) is 2.00. The van der Waals surface area contributed by atoms with Gasteiger partial charge in [0.2, 0.25) is 0 Å². The first-order valence-electron chi connectivity index (χ1n) is 5.91.